The van der Waals surface area contributed by atoms with Crippen LogP contribution in [0.2, 0.25) is 5.02 Å². The van der Waals surface area contributed by atoms with Crippen LogP contribution in [0, 0.1) is 6.92 Å². The molecule has 9 nitrogen and oxygen atoms in total. The highest BCUT2D eigenvalue weighted by Crippen LogP contribution is 2.32. The molecule has 5 rings (SSSR count). The number of aromatic nitrogens is 3. The molecule has 182 valence electrons. The Kier molecular flexibility index (Phi) is 6.30. The van der Waals surface area contributed by atoms with Gasteiger partial charge in [-0.1, -0.05) is 41.9 Å². The molecule has 36 heavy (non-hydrogen) atoms. The number of amides is 1. The van der Waals surface area contributed by atoms with E-state index in [0.717, 1.165) is 25.9 Å². The molecule has 0 radical (unpaired) electrons. The van der Waals surface area contributed by atoms with Crippen LogP contribution in [0.5, 0.6) is 11.5 Å². The number of aryl methyl sites for hydroxylation is 1. The number of fused-ring (bicyclic) bond motifs is 1. The summed E-state index contributed by atoms with van der Waals surface area (Å²) in [6.07, 6.45) is 0. The Bertz CT molecular complexity index is 1580. The lowest BCUT2D eigenvalue weighted by molar-refractivity contribution is 0.0941. The van der Waals surface area contributed by atoms with Crippen molar-refractivity contribution in [3.8, 4) is 17.2 Å². The van der Waals surface area contributed by atoms with Gasteiger partial charge in [0.25, 0.3) is 11.5 Å². The van der Waals surface area contributed by atoms with Crippen LogP contribution in [0.4, 0.5) is 0 Å². The van der Waals surface area contributed by atoms with Crippen molar-refractivity contribution in [1.29, 1.82) is 0 Å². The van der Waals surface area contributed by atoms with E-state index in [1.54, 1.807) is 42.5 Å². The van der Waals surface area contributed by atoms with Crippen LogP contribution in [0.1, 0.15) is 27.2 Å². The zero-order valence-electron chi connectivity index (χ0n) is 19.2. The molecule has 0 spiro atoms. The smallest absolute Gasteiger partial charge is 0.352 e. The predicted octanol–water partition coefficient (Wildman–Crippen LogP) is 3.06. The number of nitrogens with one attached hydrogen (secondary N) is 1. The Morgan fingerprint density at radius 1 is 1.03 bits per heavy atom. The number of halogens is 1. The van der Waals surface area contributed by atoms with Gasteiger partial charge in [-0.25, -0.2) is 4.79 Å². The summed E-state index contributed by atoms with van der Waals surface area (Å²) in [5.41, 5.74) is 0.949. The second kappa shape index (κ2) is 9.71. The van der Waals surface area contributed by atoms with Gasteiger partial charge < -0.3 is 14.8 Å². The predicted molar refractivity (Wildman–Crippen MR) is 133 cm³/mol. The molecule has 0 atom stereocenters. The fraction of sp³-hybridized carbons (Fsp3) is 0.154. The van der Waals surface area contributed by atoms with Crippen LogP contribution in [0.25, 0.3) is 5.69 Å². The van der Waals surface area contributed by atoms with E-state index >= 15 is 0 Å². The number of hydrogen-bond acceptors (Lipinski definition) is 6. The molecule has 1 aliphatic heterocycles. The lowest BCUT2D eigenvalue weighted by atomic mass is 10.1. The normalized spacial score (nSPS) is 11.9. The molecule has 1 amide bonds. The molecule has 0 saturated carbocycles. The first kappa shape index (κ1) is 23.4. The van der Waals surface area contributed by atoms with E-state index in [1.807, 2.05) is 31.2 Å². The van der Waals surface area contributed by atoms with E-state index in [1.165, 1.54) is 0 Å². The van der Waals surface area contributed by atoms with Gasteiger partial charge in [-0.15, -0.1) is 0 Å². The summed E-state index contributed by atoms with van der Waals surface area (Å²) in [7, 11) is 0. The largest absolute Gasteiger partial charge is 0.454 e. The lowest BCUT2D eigenvalue weighted by Crippen LogP contribution is -2.46. The van der Waals surface area contributed by atoms with Crippen LogP contribution in [0.15, 0.2) is 76.3 Å². The van der Waals surface area contributed by atoms with Gasteiger partial charge in [0.15, 0.2) is 11.5 Å². The van der Waals surface area contributed by atoms with Gasteiger partial charge in [0.1, 0.15) is 0 Å². The molecular weight excluding hydrogens is 484 g/mol. The molecule has 10 heteroatoms. The SMILES string of the molecule is Cc1ccccc1Cn1c(=O)c(C(=O)NCc2ccc3c(c2)OCO3)nn(-c2ccc(Cl)cc2)c1=O. The van der Waals surface area contributed by atoms with Gasteiger partial charge in [0.05, 0.1) is 12.2 Å². The summed E-state index contributed by atoms with van der Waals surface area (Å²) >= 11 is 5.99. The Morgan fingerprint density at radius 2 is 1.78 bits per heavy atom. The minimum Gasteiger partial charge on any atom is -0.454 e. The molecule has 0 fully saturated rings. The molecule has 0 bridgehead atoms. The number of benzene rings is 3. The van der Waals surface area contributed by atoms with Crippen molar-refractivity contribution in [2.45, 2.75) is 20.0 Å². The van der Waals surface area contributed by atoms with Crippen molar-refractivity contribution in [2.24, 2.45) is 0 Å². The van der Waals surface area contributed by atoms with E-state index in [2.05, 4.69) is 10.4 Å². The number of carbonyl (C=O) groups excluding carboxylic acids is 1. The van der Waals surface area contributed by atoms with Gasteiger partial charge in [0, 0.05) is 11.6 Å². The average Bonchev–Trinajstić information content (AvgIpc) is 3.35. The van der Waals surface area contributed by atoms with Crippen LogP contribution in [-0.2, 0) is 13.1 Å². The molecule has 3 aromatic carbocycles. The first-order valence-corrected chi connectivity index (χ1v) is 11.5. The monoisotopic (exact) mass is 504 g/mol. The number of nitrogens with zero attached hydrogens (tertiary/aromatic N) is 3. The van der Waals surface area contributed by atoms with Crippen molar-refractivity contribution < 1.29 is 14.3 Å². The molecule has 1 N–H and O–H groups in total. The standard InChI is InChI=1S/C26H21ClN4O5/c1-16-4-2-3-5-18(16)14-30-25(33)23(29-31(26(30)34)20-9-7-19(27)8-10-20)24(32)28-13-17-6-11-21-22(12-17)36-15-35-21/h2-12H,13-15H2,1H3,(H,28,32). The summed E-state index contributed by atoms with van der Waals surface area (Å²) in [6, 6.07) is 19.1. The number of ether oxygens (including phenoxy) is 2. The first-order valence-electron chi connectivity index (χ1n) is 11.1. The number of hydrogen-bond donors (Lipinski definition) is 1. The first-order chi connectivity index (χ1) is 17.4. The Labute approximate surface area is 210 Å². The fourth-order valence-corrected chi connectivity index (χ4v) is 3.95. The van der Waals surface area contributed by atoms with E-state index < -0.39 is 22.9 Å². The van der Waals surface area contributed by atoms with Crippen LogP contribution in [0.3, 0.4) is 0 Å². The molecule has 0 saturated heterocycles. The topological polar surface area (TPSA) is 104 Å². The Morgan fingerprint density at radius 3 is 2.56 bits per heavy atom. The second-order valence-corrected chi connectivity index (χ2v) is 8.64. The van der Waals surface area contributed by atoms with Crippen LogP contribution >= 0.6 is 11.6 Å². The van der Waals surface area contributed by atoms with Crippen molar-refractivity contribution >= 4 is 17.5 Å². The number of carbonyl (C=O) groups is 1. The molecule has 0 aliphatic carbocycles. The summed E-state index contributed by atoms with van der Waals surface area (Å²) in [4.78, 5) is 39.8. The third-order valence-corrected chi connectivity index (χ3v) is 6.08. The minimum atomic E-state index is -0.781. The van der Waals surface area contributed by atoms with Gasteiger partial charge in [-0.05, 0) is 60.0 Å². The summed E-state index contributed by atoms with van der Waals surface area (Å²) in [6.45, 7) is 2.14. The van der Waals surface area contributed by atoms with Crippen LogP contribution < -0.4 is 26.0 Å². The maximum atomic E-state index is 13.3. The highest BCUT2D eigenvalue weighted by atomic mass is 35.5. The third-order valence-electron chi connectivity index (χ3n) is 5.83. The third kappa shape index (κ3) is 4.60. The van der Waals surface area contributed by atoms with Gasteiger partial charge in [0.2, 0.25) is 12.5 Å². The maximum absolute atomic E-state index is 13.3. The van der Waals surface area contributed by atoms with Gasteiger partial charge in [-0.3, -0.25) is 14.2 Å². The van der Waals surface area contributed by atoms with E-state index in [0.29, 0.717) is 22.2 Å². The average molecular weight is 505 g/mol. The zero-order chi connectivity index (χ0) is 25.2. The van der Waals surface area contributed by atoms with Gasteiger partial charge in [-0.2, -0.15) is 9.78 Å². The molecule has 0 unspecified atom stereocenters. The molecule has 4 aromatic rings. The quantitative estimate of drug-likeness (QED) is 0.433. The van der Waals surface area contributed by atoms with Gasteiger partial charge >= 0.3 is 5.69 Å². The highest BCUT2D eigenvalue weighted by Gasteiger charge is 2.21. The van der Waals surface area contributed by atoms with Crippen molar-refractivity contribution in [3.63, 3.8) is 0 Å². The van der Waals surface area contributed by atoms with E-state index in [9.17, 15) is 14.4 Å². The minimum absolute atomic E-state index is 0.0110. The van der Waals surface area contributed by atoms with Crippen molar-refractivity contribution in [3.05, 3.63) is 115 Å². The molecule has 1 aliphatic rings. The Balaban J connectivity index is 1.52. The van der Waals surface area contributed by atoms with Crippen LogP contribution in [-0.4, -0.2) is 27.0 Å². The summed E-state index contributed by atoms with van der Waals surface area (Å²) in [5, 5.41) is 7.32. The lowest BCUT2D eigenvalue weighted by Gasteiger charge is -2.13. The summed E-state index contributed by atoms with van der Waals surface area (Å²) < 4.78 is 12.7. The molecule has 2 heterocycles. The maximum Gasteiger partial charge on any atom is 0.352 e. The van der Waals surface area contributed by atoms with E-state index in [4.69, 9.17) is 21.1 Å². The van der Waals surface area contributed by atoms with Crippen molar-refractivity contribution in [1.82, 2.24) is 19.7 Å². The highest BCUT2D eigenvalue weighted by molar-refractivity contribution is 6.30. The van der Waals surface area contributed by atoms with Crippen molar-refractivity contribution in [2.75, 3.05) is 6.79 Å². The Hall–Kier alpha value is -4.37. The molecule has 1 aromatic heterocycles. The summed E-state index contributed by atoms with van der Waals surface area (Å²) in [5.74, 6) is 0.497. The molecular formula is C26H21ClN4O5. The second-order valence-electron chi connectivity index (χ2n) is 8.21. The number of rotatable bonds is 6. The van der Waals surface area contributed by atoms with E-state index in [-0.39, 0.29) is 19.9 Å². The fourth-order valence-electron chi connectivity index (χ4n) is 3.82. The zero-order valence-corrected chi connectivity index (χ0v) is 20.0.